The van der Waals surface area contributed by atoms with Crippen LogP contribution in [0.25, 0.3) is 10.8 Å². The molecule has 4 atom stereocenters. The Hall–Kier alpha value is -2.90. The van der Waals surface area contributed by atoms with Crippen LogP contribution in [0.2, 0.25) is 0 Å². The van der Waals surface area contributed by atoms with Crippen LogP contribution in [0.15, 0.2) is 47.7 Å². The van der Waals surface area contributed by atoms with E-state index in [1.807, 2.05) is 43.3 Å². The van der Waals surface area contributed by atoms with Crippen molar-refractivity contribution in [2.45, 2.75) is 32.4 Å². The van der Waals surface area contributed by atoms with E-state index in [4.69, 9.17) is 10.5 Å². The quantitative estimate of drug-likeness (QED) is 0.647. The van der Waals surface area contributed by atoms with Gasteiger partial charge in [-0.15, -0.1) is 0 Å². The van der Waals surface area contributed by atoms with Crippen molar-refractivity contribution < 1.29 is 24.5 Å². The van der Waals surface area contributed by atoms with E-state index in [-0.39, 0.29) is 30.2 Å². The van der Waals surface area contributed by atoms with Crippen molar-refractivity contribution in [2.24, 2.45) is 17.6 Å². The standard InChI is InChI=1S/C23H26N2O5/c1-12-17(21(23(28)29)25-20(12)19(13(2)26)22(25)27)11-30-18-8-4-6-15-14(9-10-24)5-3-7-16(15)18/h3-8,12-13,19-20,26H,9-11,24H2,1-2H3,(H,28,29)/p-1/t12-,13+,19+,20+/m0/s1. The molecule has 30 heavy (non-hydrogen) atoms. The topological polar surface area (TPSA) is 116 Å². The van der Waals surface area contributed by atoms with Gasteiger partial charge in [-0.2, -0.15) is 0 Å². The van der Waals surface area contributed by atoms with Crippen LogP contribution in [-0.2, 0) is 16.0 Å². The van der Waals surface area contributed by atoms with Gasteiger partial charge < -0.3 is 30.4 Å². The van der Waals surface area contributed by atoms with Gasteiger partial charge in [0.2, 0.25) is 5.91 Å². The Morgan fingerprint density at radius 3 is 2.63 bits per heavy atom. The zero-order valence-electron chi connectivity index (χ0n) is 17.0. The number of aliphatic carboxylic acids is 1. The summed E-state index contributed by atoms with van der Waals surface area (Å²) in [6, 6.07) is 11.3. The van der Waals surface area contributed by atoms with Crippen LogP contribution in [0.5, 0.6) is 5.75 Å². The number of nitrogens with two attached hydrogens (primary N) is 1. The van der Waals surface area contributed by atoms with Crippen LogP contribution in [0.1, 0.15) is 19.4 Å². The predicted octanol–water partition coefficient (Wildman–Crippen LogP) is 0.581. The predicted molar refractivity (Wildman–Crippen MR) is 109 cm³/mol. The highest BCUT2D eigenvalue weighted by molar-refractivity contribution is 5.99. The van der Waals surface area contributed by atoms with E-state index >= 15 is 0 Å². The number of carboxylic acids is 1. The summed E-state index contributed by atoms with van der Waals surface area (Å²) in [5.74, 6) is -2.01. The molecule has 0 aliphatic carbocycles. The number of carbonyl (C=O) groups excluding carboxylic acids is 2. The molecule has 7 heteroatoms. The van der Waals surface area contributed by atoms with Crippen LogP contribution in [0, 0.1) is 11.8 Å². The summed E-state index contributed by atoms with van der Waals surface area (Å²) >= 11 is 0. The maximum atomic E-state index is 12.4. The maximum absolute atomic E-state index is 12.4. The third-order valence-electron chi connectivity index (χ3n) is 6.28. The van der Waals surface area contributed by atoms with Gasteiger partial charge in [-0.1, -0.05) is 37.3 Å². The minimum atomic E-state index is -1.40. The zero-order chi connectivity index (χ0) is 21.6. The number of aliphatic hydroxyl groups is 1. The highest BCUT2D eigenvalue weighted by Gasteiger charge is 2.58. The molecule has 0 aromatic heterocycles. The number of carbonyl (C=O) groups is 2. The van der Waals surface area contributed by atoms with E-state index in [0.29, 0.717) is 17.9 Å². The van der Waals surface area contributed by atoms with Gasteiger partial charge in [0.1, 0.15) is 12.4 Å². The molecule has 7 nitrogen and oxygen atoms in total. The molecular formula is C23H25N2O5-. The molecule has 0 saturated carbocycles. The number of rotatable bonds is 7. The summed E-state index contributed by atoms with van der Waals surface area (Å²) in [4.78, 5) is 25.5. The van der Waals surface area contributed by atoms with Gasteiger partial charge in [0.15, 0.2) is 0 Å². The summed E-state index contributed by atoms with van der Waals surface area (Å²) in [5, 5.41) is 23.7. The van der Waals surface area contributed by atoms with Gasteiger partial charge in [-0.05, 0) is 42.5 Å². The van der Waals surface area contributed by atoms with Gasteiger partial charge >= 0.3 is 0 Å². The van der Waals surface area contributed by atoms with Crippen LogP contribution >= 0.6 is 0 Å². The highest BCUT2D eigenvalue weighted by Crippen LogP contribution is 2.47. The van der Waals surface area contributed by atoms with Gasteiger partial charge in [0.05, 0.1) is 29.7 Å². The molecule has 2 aromatic rings. The van der Waals surface area contributed by atoms with Gasteiger partial charge in [-0.3, -0.25) is 4.79 Å². The van der Waals surface area contributed by atoms with Crippen LogP contribution in [-0.4, -0.2) is 47.2 Å². The third kappa shape index (κ3) is 3.05. The van der Waals surface area contributed by atoms with Gasteiger partial charge in [0.25, 0.3) is 0 Å². The average Bonchev–Trinajstić information content (AvgIpc) is 2.95. The van der Waals surface area contributed by atoms with E-state index in [0.717, 1.165) is 22.8 Å². The fourth-order valence-corrected chi connectivity index (χ4v) is 4.82. The smallest absolute Gasteiger partial charge is 0.235 e. The molecule has 0 spiro atoms. The van der Waals surface area contributed by atoms with E-state index in [1.165, 1.54) is 4.90 Å². The first-order valence-electron chi connectivity index (χ1n) is 10.2. The molecule has 3 N–H and O–H groups in total. The summed E-state index contributed by atoms with van der Waals surface area (Å²) in [5.41, 5.74) is 7.22. The molecule has 2 aliphatic rings. The van der Waals surface area contributed by atoms with Gasteiger partial charge in [0, 0.05) is 11.3 Å². The van der Waals surface area contributed by atoms with E-state index in [2.05, 4.69) is 0 Å². The fourth-order valence-electron chi connectivity index (χ4n) is 4.82. The molecule has 2 aromatic carbocycles. The van der Waals surface area contributed by atoms with Crippen molar-refractivity contribution in [3.05, 3.63) is 53.2 Å². The lowest BCUT2D eigenvalue weighted by Crippen LogP contribution is -2.64. The zero-order valence-corrected chi connectivity index (χ0v) is 17.0. The molecule has 2 heterocycles. The van der Waals surface area contributed by atoms with E-state index < -0.39 is 18.0 Å². The molecule has 2 aliphatic heterocycles. The Labute approximate surface area is 174 Å². The monoisotopic (exact) mass is 409 g/mol. The second-order valence-corrected chi connectivity index (χ2v) is 8.01. The molecular weight excluding hydrogens is 384 g/mol. The Balaban J connectivity index is 1.65. The largest absolute Gasteiger partial charge is 0.543 e. The molecule has 158 valence electrons. The highest BCUT2D eigenvalue weighted by atomic mass is 16.5. The molecule has 0 radical (unpaired) electrons. The second kappa shape index (κ2) is 7.74. The lowest BCUT2D eigenvalue weighted by Gasteiger charge is -2.47. The number of carboxylic acid groups (broad SMARTS) is 1. The fraction of sp³-hybridized carbons (Fsp3) is 0.391. The number of benzene rings is 2. The summed E-state index contributed by atoms with van der Waals surface area (Å²) in [7, 11) is 0. The molecule has 4 rings (SSSR count). The Morgan fingerprint density at radius 1 is 1.27 bits per heavy atom. The van der Waals surface area contributed by atoms with E-state index in [1.54, 1.807) is 6.92 Å². The summed E-state index contributed by atoms with van der Waals surface area (Å²) < 4.78 is 6.06. The number of fused-ring (bicyclic) bond motifs is 2. The molecule has 0 bridgehead atoms. The Kier molecular flexibility index (Phi) is 5.26. The van der Waals surface area contributed by atoms with Crippen molar-refractivity contribution in [3.8, 4) is 5.75 Å². The van der Waals surface area contributed by atoms with Crippen molar-refractivity contribution in [2.75, 3.05) is 13.2 Å². The SMILES string of the molecule is C[C@@H](O)[C@H]1C(=O)N2C(C(=O)[O-])=C(COc3cccc4c(CCN)cccc34)[C@H](C)[C@H]12. The minimum absolute atomic E-state index is 0.0253. The van der Waals surface area contributed by atoms with Crippen molar-refractivity contribution in [1.29, 1.82) is 0 Å². The first-order chi connectivity index (χ1) is 14.4. The van der Waals surface area contributed by atoms with Crippen molar-refractivity contribution in [1.82, 2.24) is 4.90 Å². The average molecular weight is 409 g/mol. The lowest BCUT2D eigenvalue weighted by molar-refractivity contribution is -0.301. The van der Waals surface area contributed by atoms with Crippen molar-refractivity contribution >= 4 is 22.6 Å². The minimum Gasteiger partial charge on any atom is -0.543 e. The van der Waals surface area contributed by atoms with Gasteiger partial charge in [-0.25, -0.2) is 0 Å². The van der Waals surface area contributed by atoms with Crippen LogP contribution < -0.4 is 15.6 Å². The summed E-state index contributed by atoms with van der Waals surface area (Å²) in [6.07, 6.45) is -0.0967. The number of hydrogen-bond acceptors (Lipinski definition) is 6. The lowest BCUT2D eigenvalue weighted by atomic mass is 9.78. The number of nitrogens with zero attached hydrogens (tertiary/aromatic N) is 1. The Morgan fingerprint density at radius 2 is 1.97 bits per heavy atom. The second-order valence-electron chi connectivity index (χ2n) is 8.01. The Bertz CT molecular complexity index is 1050. The maximum Gasteiger partial charge on any atom is 0.235 e. The third-order valence-corrected chi connectivity index (χ3v) is 6.28. The number of amides is 1. The number of hydrogen-bond donors (Lipinski definition) is 2. The van der Waals surface area contributed by atoms with Crippen LogP contribution in [0.3, 0.4) is 0 Å². The first-order valence-corrected chi connectivity index (χ1v) is 10.2. The van der Waals surface area contributed by atoms with Crippen molar-refractivity contribution in [3.63, 3.8) is 0 Å². The molecule has 0 unspecified atom stereocenters. The number of ether oxygens (including phenoxy) is 1. The van der Waals surface area contributed by atoms with E-state index in [9.17, 15) is 19.8 Å². The summed E-state index contributed by atoms with van der Waals surface area (Å²) in [6.45, 7) is 3.97. The molecule has 1 amide bonds. The normalized spacial score (nSPS) is 24.1. The molecule has 1 saturated heterocycles. The number of aliphatic hydroxyl groups excluding tert-OH is 1. The first kappa shape index (κ1) is 20.4. The van der Waals surface area contributed by atoms with Crippen LogP contribution in [0.4, 0.5) is 0 Å². The molecule has 1 fully saturated rings. The number of β-lactam (4-membered cyclic amide) rings is 1.